The molecule has 0 radical (unpaired) electrons. The number of thioether (sulfide) groups is 2. The Morgan fingerprint density at radius 3 is 2.36 bits per heavy atom. The molecular formula is C25H20Br2Cl2N2O3S2. The van der Waals surface area contributed by atoms with Gasteiger partial charge in [-0.1, -0.05) is 41.4 Å². The van der Waals surface area contributed by atoms with Crippen molar-refractivity contribution in [2.75, 3.05) is 18.1 Å². The van der Waals surface area contributed by atoms with E-state index in [4.69, 9.17) is 32.7 Å². The van der Waals surface area contributed by atoms with Gasteiger partial charge in [0, 0.05) is 11.5 Å². The molecule has 0 unspecified atom stereocenters. The van der Waals surface area contributed by atoms with Gasteiger partial charge in [0.2, 0.25) is 0 Å². The molecule has 5 nitrogen and oxygen atoms in total. The Kier molecular flexibility index (Phi) is 10.3. The largest absolute Gasteiger partial charge is 0.487 e. The number of carbonyl (C=O) groups excluding carboxylic acids is 1. The SMILES string of the molecule is O=C(COc1ccc(C2SCCS2)cc1)N/N=C\c1cc(Br)c(OCc2ccc(Cl)c(Cl)c2)c(Br)c1. The van der Waals surface area contributed by atoms with Crippen molar-refractivity contribution in [2.24, 2.45) is 5.10 Å². The third kappa shape index (κ3) is 7.82. The Morgan fingerprint density at radius 2 is 1.69 bits per heavy atom. The van der Waals surface area contributed by atoms with Gasteiger partial charge in [-0.05, 0) is 84.9 Å². The Morgan fingerprint density at radius 1 is 1.00 bits per heavy atom. The predicted octanol–water partition coefficient (Wildman–Crippen LogP) is 8.11. The summed E-state index contributed by atoms with van der Waals surface area (Å²) in [5.74, 6) is 3.29. The summed E-state index contributed by atoms with van der Waals surface area (Å²) in [4.78, 5) is 12.1. The van der Waals surface area contributed by atoms with Gasteiger partial charge >= 0.3 is 0 Å². The van der Waals surface area contributed by atoms with Crippen molar-refractivity contribution >= 4 is 90.7 Å². The summed E-state index contributed by atoms with van der Waals surface area (Å²) in [6.45, 7) is 0.192. The van der Waals surface area contributed by atoms with E-state index in [9.17, 15) is 4.79 Å². The van der Waals surface area contributed by atoms with Crippen molar-refractivity contribution in [1.29, 1.82) is 0 Å². The fraction of sp³-hybridized carbons (Fsp3) is 0.200. The van der Waals surface area contributed by atoms with Gasteiger partial charge in [0.05, 0.1) is 29.8 Å². The van der Waals surface area contributed by atoms with Crippen molar-refractivity contribution in [3.63, 3.8) is 0 Å². The highest BCUT2D eigenvalue weighted by atomic mass is 79.9. The van der Waals surface area contributed by atoms with E-state index in [2.05, 4.69) is 54.5 Å². The van der Waals surface area contributed by atoms with Crippen molar-refractivity contribution < 1.29 is 14.3 Å². The third-order valence-electron chi connectivity index (χ3n) is 4.93. The molecule has 3 aromatic rings. The normalized spacial score (nSPS) is 13.8. The first-order chi connectivity index (χ1) is 17.4. The van der Waals surface area contributed by atoms with Crippen molar-refractivity contribution in [1.82, 2.24) is 5.43 Å². The fourth-order valence-corrected chi connectivity index (χ4v) is 7.84. The molecule has 1 aliphatic heterocycles. The van der Waals surface area contributed by atoms with Crippen LogP contribution in [0.5, 0.6) is 11.5 Å². The monoisotopic (exact) mass is 688 g/mol. The van der Waals surface area contributed by atoms with Crippen molar-refractivity contribution in [2.45, 2.75) is 11.2 Å². The minimum absolute atomic E-state index is 0.126. The van der Waals surface area contributed by atoms with E-state index in [1.807, 2.05) is 53.9 Å². The van der Waals surface area contributed by atoms with Crippen LogP contribution >= 0.6 is 78.6 Å². The van der Waals surface area contributed by atoms with Crippen LogP contribution in [-0.4, -0.2) is 30.2 Å². The van der Waals surface area contributed by atoms with Gasteiger partial charge in [-0.25, -0.2) is 5.43 Å². The number of carbonyl (C=O) groups is 1. The lowest BCUT2D eigenvalue weighted by atomic mass is 10.2. The quantitative estimate of drug-likeness (QED) is 0.182. The number of hydrogen-bond acceptors (Lipinski definition) is 6. The molecule has 188 valence electrons. The predicted molar refractivity (Wildman–Crippen MR) is 158 cm³/mol. The minimum Gasteiger partial charge on any atom is -0.487 e. The lowest BCUT2D eigenvalue weighted by Gasteiger charge is -2.12. The average molecular weight is 691 g/mol. The van der Waals surface area contributed by atoms with Gasteiger partial charge in [-0.3, -0.25) is 4.79 Å². The summed E-state index contributed by atoms with van der Waals surface area (Å²) < 4.78 is 13.4. The lowest BCUT2D eigenvalue weighted by molar-refractivity contribution is -0.123. The molecule has 36 heavy (non-hydrogen) atoms. The number of halogens is 4. The van der Waals surface area contributed by atoms with Crippen LogP contribution in [0.2, 0.25) is 10.0 Å². The molecule has 1 fully saturated rings. The van der Waals surface area contributed by atoms with Crippen molar-refractivity contribution in [3.05, 3.63) is 90.3 Å². The zero-order chi connectivity index (χ0) is 25.5. The molecule has 1 aliphatic rings. The molecule has 4 rings (SSSR count). The Hall–Kier alpha value is -1.36. The average Bonchev–Trinajstić information content (AvgIpc) is 3.40. The van der Waals surface area contributed by atoms with Crippen LogP contribution in [0.3, 0.4) is 0 Å². The summed E-state index contributed by atoms with van der Waals surface area (Å²) in [6.07, 6.45) is 1.54. The molecule has 0 atom stereocenters. The van der Waals surface area contributed by atoms with Gasteiger partial charge in [-0.15, -0.1) is 23.5 Å². The first-order valence-corrected chi connectivity index (χ1v) is 15.2. The number of ether oxygens (including phenoxy) is 2. The van der Waals surface area contributed by atoms with Crippen LogP contribution in [0.1, 0.15) is 21.3 Å². The van der Waals surface area contributed by atoms with E-state index in [0.29, 0.717) is 32.7 Å². The van der Waals surface area contributed by atoms with Gasteiger partial charge in [0.1, 0.15) is 18.1 Å². The number of benzene rings is 3. The van der Waals surface area contributed by atoms with Crippen LogP contribution < -0.4 is 14.9 Å². The standard InChI is InChI=1S/C25H20Br2Cl2N2O3S2/c26-19-9-16(10-20(27)24(19)34-13-15-1-6-21(28)22(29)11-15)12-30-31-23(32)14-33-18-4-2-17(3-5-18)25-35-7-8-36-25/h1-6,9-12,25H,7-8,13-14H2,(H,31,32)/b30-12-. The maximum absolute atomic E-state index is 12.1. The molecule has 3 aromatic carbocycles. The summed E-state index contributed by atoms with van der Waals surface area (Å²) in [5.41, 5.74) is 5.40. The van der Waals surface area contributed by atoms with Crippen molar-refractivity contribution in [3.8, 4) is 11.5 Å². The molecule has 1 amide bonds. The minimum atomic E-state index is -0.350. The highest BCUT2D eigenvalue weighted by molar-refractivity contribution is 9.11. The summed E-state index contributed by atoms with van der Waals surface area (Å²) in [7, 11) is 0. The van der Waals surface area contributed by atoms with Crippen LogP contribution in [0, 0.1) is 0 Å². The van der Waals surface area contributed by atoms with Gasteiger partial charge in [0.15, 0.2) is 6.61 Å². The molecule has 0 bridgehead atoms. The van der Waals surface area contributed by atoms with E-state index < -0.39 is 0 Å². The highest BCUT2D eigenvalue weighted by Gasteiger charge is 2.18. The Labute approximate surface area is 244 Å². The van der Waals surface area contributed by atoms with E-state index >= 15 is 0 Å². The second-order valence-electron chi connectivity index (χ2n) is 7.58. The maximum atomic E-state index is 12.1. The molecule has 1 saturated heterocycles. The van der Waals surface area contributed by atoms with Crippen LogP contribution in [-0.2, 0) is 11.4 Å². The first kappa shape index (κ1) is 27.7. The third-order valence-corrected chi connectivity index (χ3v) is 9.96. The van der Waals surface area contributed by atoms with E-state index in [1.165, 1.54) is 17.1 Å². The number of rotatable bonds is 9. The summed E-state index contributed by atoms with van der Waals surface area (Å²) in [5, 5.41) is 5.00. The number of amides is 1. The molecule has 1 heterocycles. The molecule has 11 heteroatoms. The molecule has 0 aliphatic carbocycles. The molecule has 1 N–H and O–H groups in total. The van der Waals surface area contributed by atoms with E-state index in [0.717, 1.165) is 20.1 Å². The molecular weight excluding hydrogens is 671 g/mol. The number of nitrogens with one attached hydrogen (secondary N) is 1. The van der Waals surface area contributed by atoms with Crippen LogP contribution in [0.25, 0.3) is 0 Å². The second-order valence-corrected chi connectivity index (χ2v) is 12.8. The number of hydrogen-bond donors (Lipinski definition) is 1. The van der Waals surface area contributed by atoms with Crippen LogP contribution in [0.4, 0.5) is 0 Å². The van der Waals surface area contributed by atoms with E-state index in [-0.39, 0.29) is 12.5 Å². The highest BCUT2D eigenvalue weighted by Crippen LogP contribution is 2.45. The fourth-order valence-electron chi connectivity index (χ4n) is 3.21. The topological polar surface area (TPSA) is 59.9 Å². The Balaban J connectivity index is 1.26. The van der Waals surface area contributed by atoms with Crippen LogP contribution in [0.15, 0.2) is 68.6 Å². The summed E-state index contributed by atoms with van der Waals surface area (Å²) >= 11 is 23.0. The van der Waals surface area contributed by atoms with Gasteiger partial charge in [-0.2, -0.15) is 5.10 Å². The smallest absolute Gasteiger partial charge is 0.277 e. The van der Waals surface area contributed by atoms with E-state index in [1.54, 1.807) is 18.3 Å². The molecule has 0 aromatic heterocycles. The number of hydrazone groups is 1. The number of nitrogens with zero attached hydrogens (tertiary/aromatic N) is 1. The summed E-state index contributed by atoms with van der Waals surface area (Å²) in [6, 6.07) is 16.9. The van der Waals surface area contributed by atoms with Gasteiger partial charge in [0.25, 0.3) is 5.91 Å². The molecule has 0 saturated carbocycles. The zero-order valence-electron chi connectivity index (χ0n) is 18.7. The first-order valence-electron chi connectivity index (χ1n) is 10.7. The van der Waals surface area contributed by atoms with Gasteiger partial charge < -0.3 is 9.47 Å². The second kappa shape index (κ2) is 13.4. The molecule has 0 spiro atoms. The Bertz CT molecular complexity index is 1230. The lowest BCUT2D eigenvalue weighted by Crippen LogP contribution is -2.24. The zero-order valence-corrected chi connectivity index (χ0v) is 25.0. The maximum Gasteiger partial charge on any atom is 0.277 e.